The minimum absolute atomic E-state index is 0.0992. The molecule has 2 aliphatic rings. The second-order valence-electron chi connectivity index (χ2n) is 5.89. The van der Waals surface area contributed by atoms with E-state index in [0.717, 1.165) is 5.69 Å². The van der Waals surface area contributed by atoms with Crippen LogP contribution < -0.4 is 5.56 Å². The summed E-state index contributed by atoms with van der Waals surface area (Å²) in [5.74, 6) is 0.487. The molecule has 4 rings (SSSR count). The lowest BCUT2D eigenvalue weighted by Gasteiger charge is -2.23. The fourth-order valence-corrected chi connectivity index (χ4v) is 3.04. The smallest absolute Gasteiger partial charge is 0.278 e. The summed E-state index contributed by atoms with van der Waals surface area (Å²) >= 11 is 0. The molecule has 1 aliphatic heterocycles. The summed E-state index contributed by atoms with van der Waals surface area (Å²) in [5.41, 5.74) is 2.06. The fraction of sp³-hybridized carbons (Fsp3) is 0.500. The third-order valence-electron chi connectivity index (χ3n) is 4.42. The second-order valence-corrected chi connectivity index (χ2v) is 5.89. The van der Waals surface area contributed by atoms with Crippen molar-refractivity contribution in [1.29, 1.82) is 0 Å². The molecule has 1 amide bonds. The standard InChI is InChI=1S/C14H16N4O2/c1-7-5-11-15-12-10(13(19)18(11)16-7)6-17(14(12)20)8(2)9-3-4-9/h5,8-9,16H,3-4,6H2,1-2H3/t8-/m0/s1. The molecule has 1 saturated carbocycles. The van der Waals surface area contributed by atoms with E-state index in [1.165, 1.54) is 17.4 Å². The van der Waals surface area contributed by atoms with Crippen LogP contribution in [0.15, 0.2) is 10.9 Å². The van der Waals surface area contributed by atoms with Crippen molar-refractivity contribution in [2.75, 3.05) is 0 Å². The predicted molar refractivity (Wildman–Crippen MR) is 72.6 cm³/mol. The largest absolute Gasteiger partial charge is 0.330 e. The molecule has 0 aromatic carbocycles. The van der Waals surface area contributed by atoms with Gasteiger partial charge in [0.15, 0.2) is 5.65 Å². The predicted octanol–water partition coefficient (Wildman–Crippen LogP) is 1.09. The molecule has 1 N–H and O–H groups in total. The molecular formula is C14H16N4O2. The van der Waals surface area contributed by atoms with Gasteiger partial charge in [0.2, 0.25) is 0 Å². The van der Waals surface area contributed by atoms with Crippen molar-refractivity contribution in [3.8, 4) is 0 Å². The van der Waals surface area contributed by atoms with Crippen molar-refractivity contribution >= 4 is 11.6 Å². The quantitative estimate of drug-likeness (QED) is 0.889. The number of nitrogens with zero attached hydrogens (tertiary/aromatic N) is 3. The zero-order valence-corrected chi connectivity index (χ0v) is 11.5. The van der Waals surface area contributed by atoms with Gasteiger partial charge >= 0.3 is 0 Å². The number of nitrogens with one attached hydrogen (secondary N) is 1. The number of carbonyl (C=O) groups excluding carboxylic acids is 1. The fourth-order valence-electron chi connectivity index (χ4n) is 3.04. The Hall–Kier alpha value is -2.11. The van der Waals surface area contributed by atoms with Gasteiger partial charge in [-0.25, -0.2) is 9.50 Å². The first-order valence-corrected chi connectivity index (χ1v) is 6.98. The number of aryl methyl sites for hydroxylation is 1. The van der Waals surface area contributed by atoms with Crippen LogP contribution in [-0.2, 0) is 6.54 Å². The summed E-state index contributed by atoms with van der Waals surface area (Å²) in [6, 6.07) is 1.98. The van der Waals surface area contributed by atoms with Crippen LogP contribution in [-0.4, -0.2) is 31.4 Å². The van der Waals surface area contributed by atoms with Crippen molar-refractivity contribution in [1.82, 2.24) is 19.5 Å². The maximum atomic E-state index is 12.5. The van der Waals surface area contributed by atoms with Crippen LogP contribution in [0.3, 0.4) is 0 Å². The Bertz CT molecular complexity index is 784. The minimum atomic E-state index is -0.156. The molecule has 1 aliphatic carbocycles. The average molecular weight is 272 g/mol. The lowest BCUT2D eigenvalue weighted by atomic mass is 10.2. The van der Waals surface area contributed by atoms with Gasteiger partial charge in [0.25, 0.3) is 11.5 Å². The van der Waals surface area contributed by atoms with Gasteiger partial charge in [-0.05, 0) is 32.6 Å². The Morgan fingerprint density at radius 2 is 2.15 bits per heavy atom. The second kappa shape index (κ2) is 3.71. The van der Waals surface area contributed by atoms with Gasteiger partial charge < -0.3 is 4.90 Å². The molecule has 104 valence electrons. The molecule has 1 atom stereocenters. The van der Waals surface area contributed by atoms with E-state index in [0.29, 0.717) is 29.4 Å². The summed E-state index contributed by atoms with van der Waals surface area (Å²) in [6.45, 7) is 4.32. The summed E-state index contributed by atoms with van der Waals surface area (Å²) in [7, 11) is 0. The number of aromatic amines is 1. The highest BCUT2D eigenvalue weighted by molar-refractivity contribution is 5.97. The Morgan fingerprint density at radius 1 is 1.40 bits per heavy atom. The van der Waals surface area contributed by atoms with Crippen LogP contribution >= 0.6 is 0 Å². The van der Waals surface area contributed by atoms with E-state index in [-0.39, 0.29) is 17.5 Å². The van der Waals surface area contributed by atoms with Crippen molar-refractivity contribution < 1.29 is 4.79 Å². The summed E-state index contributed by atoms with van der Waals surface area (Å²) < 4.78 is 1.42. The van der Waals surface area contributed by atoms with Crippen molar-refractivity contribution in [3.05, 3.63) is 33.4 Å². The molecule has 3 heterocycles. The van der Waals surface area contributed by atoms with E-state index in [9.17, 15) is 9.59 Å². The van der Waals surface area contributed by atoms with Crippen molar-refractivity contribution in [3.63, 3.8) is 0 Å². The first-order valence-electron chi connectivity index (χ1n) is 6.98. The zero-order valence-electron chi connectivity index (χ0n) is 11.5. The summed E-state index contributed by atoms with van der Waals surface area (Å²) in [6.07, 6.45) is 2.35. The van der Waals surface area contributed by atoms with Gasteiger partial charge in [-0.3, -0.25) is 14.7 Å². The molecule has 0 saturated heterocycles. The number of hydrogen-bond donors (Lipinski definition) is 1. The number of carbonyl (C=O) groups is 1. The average Bonchev–Trinajstić information content (AvgIpc) is 3.12. The molecule has 6 heteroatoms. The number of rotatable bonds is 2. The first-order chi connectivity index (χ1) is 9.56. The van der Waals surface area contributed by atoms with Crippen molar-refractivity contribution in [2.24, 2.45) is 5.92 Å². The molecule has 6 nitrogen and oxygen atoms in total. The van der Waals surface area contributed by atoms with Gasteiger partial charge in [-0.1, -0.05) is 0 Å². The molecule has 0 bridgehead atoms. The Kier molecular flexibility index (Phi) is 2.17. The molecule has 0 radical (unpaired) electrons. The number of hydrogen-bond acceptors (Lipinski definition) is 3. The minimum Gasteiger partial charge on any atom is -0.330 e. The molecule has 0 unspecified atom stereocenters. The maximum absolute atomic E-state index is 12.5. The highest BCUT2D eigenvalue weighted by Crippen LogP contribution is 2.37. The third-order valence-corrected chi connectivity index (χ3v) is 4.42. The van der Waals surface area contributed by atoms with E-state index in [1.54, 1.807) is 11.0 Å². The van der Waals surface area contributed by atoms with Gasteiger partial charge in [-0.2, -0.15) is 0 Å². The third kappa shape index (κ3) is 1.47. The lowest BCUT2D eigenvalue weighted by molar-refractivity contribution is 0.0693. The molecular weight excluding hydrogens is 256 g/mol. The Balaban J connectivity index is 1.84. The topological polar surface area (TPSA) is 70.5 Å². The number of H-pyrrole nitrogens is 1. The Labute approximate surface area is 115 Å². The van der Waals surface area contributed by atoms with Crippen LogP contribution in [0.4, 0.5) is 0 Å². The number of amides is 1. The molecule has 1 fully saturated rings. The SMILES string of the molecule is Cc1cc2nc3c(c(=O)n2[nH]1)CN([C@@H](C)C1CC1)C3=O. The first kappa shape index (κ1) is 11.7. The summed E-state index contributed by atoms with van der Waals surface area (Å²) in [5, 5.41) is 2.96. The molecule has 20 heavy (non-hydrogen) atoms. The Morgan fingerprint density at radius 3 is 2.85 bits per heavy atom. The number of aromatic nitrogens is 3. The van der Waals surface area contributed by atoms with Gasteiger partial charge in [-0.15, -0.1) is 0 Å². The highest BCUT2D eigenvalue weighted by atomic mass is 16.2. The molecule has 2 aromatic rings. The van der Waals surface area contributed by atoms with E-state index in [2.05, 4.69) is 17.0 Å². The van der Waals surface area contributed by atoms with E-state index >= 15 is 0 Å². The zero-order chi connectivity index (χ0) is 14.0. The van der Waals surface area contributed by atoms with Crippen LogP contribution in [0, 0.1) is 12.8 Å². The van der Waals surface area contributed by atoms with Crippen molar-refractivity contribution in [2.45, 2.75) is 39.3 Å². The van der Waals surface area contributed by atoms with Crippen LogP contribution in [0.5, 0.6) is 0 Å². The molecule has 2 aromatic heterocycles. The van der Waals surface area contributed by atoms with Gasteiger partial charge in [0, 0.05) is 17.8 Å². The van der Waals surface area contributed by atoms with E-state index in [4.69, 9.17) is 0 Å². The lowest BCUT2D eigenvalue weighted by Crippen LogP contribution is -2.35. The van der Waals surface area contributed by atoms with Crippen LogP contribution in [0.2, 0.25) is 0 Å². The highest BCUT2D eigenvalue weighted by Gasteiger charge is 2.40. The van der Waals surface area contributed by atoms with E-state index < -0.39 is 0 Å². The van der Waals surface area contributed by atoms with Crippen LogP contribution in [0.25, 0.3) is 5.65 Å². The molecule has 0 spiro atoms. The summed E-state index contributed by atoms with van der Waals surface area (Å²) in [4.78, 5) is 31.1. The van der Waals surface area contributed by atoms with Gasteiger partial charge in [0.1, 0.15) is 5.69 Å². The normalized spacial score (nSPS) is 19.7. The van der Waals surface area contributed by atoms with E-state index in [1.807, 2.05) is 6.92 Å². The number of fused-ring (bicyclic) bond motifs is 2. The monoisotopic (exact) mass is 272 g/mol. The van der Waals surface area contributed by atoms with Gasteiger partial charge in [0.05, 0.1) is 12.1 Å². The maximum Gasteiger partial charge on any atom is 0.278 e. The van der Waals surface area contributed by atoms with Crippen LogP contribution in [0.1, 0.15) is 41.5 Å².